The Kier molecular flexibility index (Phi) is 7.57. The molecule has 4 heterocycles. The van der Waals surface area contributed by atoms with Crippen molar-refractivity contribution in [3.8, 4) is 67.9 Å². The molecular weight excluding hydrogens is 707 g/mol. The van der Waals surface area contributed by atoms with Gasteiger partial charge >= 0.3 is 0 Å². The molecule has 6 nitrogen and oxygen atoms in total. The smallest absolute Gasteiger partial charge is 0.164 e. The van der Waals surface area contributed by atoms with E-state index < -0.39 is 0 Å². The van der Waals surface area contributed by atoms with Crippen LogP contribution in [0.1, 0.15) is 0 Å². The number of aromatic nitrogens is 5. The molecule has 0 bridgehead atoms. The average Bonchev–Trinajstić information content (AvgIpc) is 3.86. The predicted molar refractivity (Wildman–Crippen MR) is 228 cm³/mol. The first-order chi connectivity index (χ1) is 27.7. The summed E-state index contributed by atoms with van der Waals surface area (Å²) in [5.74, 6) is 2.43. The van der Waals surface area contributed by atoms with Crippen molar-refractivity contribution in [2.75, 3.05) is 0 Å². The van der Waals surface area contributed by atoms with E-state index in [1.54, 1.807) is 11.3 Å². The lowest BCUT2D eigenvalue weighted by atomic mass is 9.99. The summed E-state index contributed by atoms with van der Waals surface area (Å²) in [7, 11) is 0. The minimum atomic E-state index is 0.565. The Hall–Kier alpha value is -7.35. The Labute approximate surface area is 325 Å². The standard InChI is InChI=1S/C49H29N5OS/c1-4-14-30(15-5-1)31-26-28-34(29-27-31)46-50-43-35-20-10-11-25-40(35)56-45(43)44(51-46)36-21-12-23-38-41(36)42-37(22-13-24-39(42)55-38)49-53-47(32-16-6-2-7-17-32)52-48(54-49)33-18-8-3-9-19-33/h1-29H. The number of hydrogen-bond acceptors (Lipinski definition) is 7. The molecule has 0 amide bonds. The third-order valence-corrected chi connectivity index (χ3v) is 11.4. The lowest BCUT2D eigenvalue weighted by Gasteiger charge is -2.11. The van der Waals surface area contributed by atoms with E-state index in [1.165, 1.54) is 5.56 Å². The zero-order chi connectivity index (χ0) is 37.0. The second kappa shape index (κ2) is 13.2. The quantitative estimate of drug-likeness (QED) is 0.169. The van der Waals surface area contributed by atoms with E-state index in [-0.39, 0.29) is 0 Å². The fraction of sp³-hybridized carbons (Fsp3) is 0. The van der Waals surface area contributed by atoms with Crippen molar-refractivity contribution in [2.24, 2.45) is 0 Å². The molecule has 56 heavy (non-hydrogen) atoms. The first-order valence-corrected chi connectivity index (χ1v) is 19.2. The largest absolute Gasteiger partial charge is 0.456 e. The normalized spacial score (nSPS) is 11.6. The van der Waals surface area contributed by atoms with Crippen molar-refractivity contribution in [1.82, 2.24) is 24.9 Å². The topological polar surface area (TPSA) is 77.6 Å². The van der Waals surface area contributed by atoms with Gasteiger partial charge in [-0.2, -0.15) is 0 Å². The van der Waals surface area contributed by atoms with Gasteiger partial charge in [0.1, 0.15) is 11.2 Å². The number of furan rings is 1. The number of fused-ring (bicyclic) bond motifs is 6. The number of rotatable bonds is 6. The molecule has 11 rings (SSSR count). The van der Waals surface area contributed by atoms with Crippen molar-refractivity contribution in [3.05, 3.63) is 176 Å². The Balaban J connectivity index is 1.16. The van der Waals surface area contributed by atoms with Crippen LogP contribution in [0.5, 0.6) is 0 Å². The van der Waals surface area contributed by atoms with Crippen molar-refractivity contribution >= 4 is 53.6 Å². The molecule has 0 saturated carbocycles. The molecule has 0 unspecified atom stereocenters. The molecule has 4 aromatic heterocycles. The van der Waals surface area contributed by atoms with E-state index >= 15 is 0 Å². The molecule has 11 aromatic rings. The summed E-state index contributed by atoms with van der Waals surface area (Å²) in [4.78, 5) is 25.8. The minimum absolute atomic E-state index is 0.565. The highest BCUT2D eigenvalue weighted by atomic mass is 32.1. The Bertz CT molecular complexity index is 3180. The van der Waals surface area contributed by atoms with E-state index in [1.807, 2.05) is 91.0 Å². The lowest BCUT2D eigenvalue weighted by Crippen LogP contribution is -2.00. The minimum Gasteiger partial charge on any atom is -0.456 e. The maximum Gasteiger partial charge on any atom is 0.164 e. The summed E-state index contributed by atoms with van der Waals surface area (Å²) >= 11 is 1.71. The molecule has 0 aliphatic carbocycles. The molecular formula is C49H29N5OS. The molecule has 0 radical (unpaired) electrons. The first kappa shape index (κ1) is 32.1. The summed E-state index contributed by atoms with van der Waals surface area (Å²) in [6, 6.07) is 59.7. The molecule has 0 N–H and O–H groups in total. The second-order valence-electron chi connectivity index (χ2n) is 13.6. The molecule has 0 atom stereocenters. The van der Waals surface area contributed by atoms with Gasteiger partial charge < -0.3 is 4.42 Å². The highest BCUT2D eigenvalue weighted by molar-refractivity contribution is 7.26. The van der Waals surface area contributed by atoms with Gasteiger partial charge in [0.05, 0.1) is 15.9 Å². The molecule has 0 spiro atoms. The van der Waals surface area contributed by atoms with Gasteiger partial charge in [-0.25, -0.2) is 24.9 Å². The molecule has 7 aromatic carbocycles. The maximum atomic E-state index is 6.64. The Morgan fingerprint density at radius 1 is 0.357 bits per heavy atom. The number of benzene rings is 7. The molecule has 0 saturated heterocycles. The van der Waals surface area contributed by atoms with Gasteiger partial charge in [-0.05, 0) is 29.3 Å². The summed E-state index contributed by atoms with van der Waals surface area (Å²) in [5.41, 5.74) is 10.2. The van der Waals surface area contributed by atoms with Crippen molar-refractivity contribution in [2.45, 2.75) is 0 Å². The van der Waals surface area contributed by atoms with Crippen LogP contribution in [-0.4, -0.2) is 24.9 Å². The van der Waals surface area contributed by atoms with Gasteiger partial charge in [0.15, 0.2) is 23.3 Å². The zero-order valence-electron chi connectivity index (χ0n) is 29.8. The third-order valence-electron chi connectivity index (χ3n) is 10.2. The molecule has 7 heteroatoms. The summed E-state index contributed by atoms with van der Waals surface area (Å²) in [6.07, 6.45) is 0. The van der Waals surface area contributed by atoms with Crippen LogP contribution in [0.25, 0.3) is 110 Å². The molecule has 0 aliphatic heterocycles. The van der Waals surface area contributed by atoms with E-state index in [9.17, 15) is 0 Å². The van der Waals surface area contributed by atoms with Gasteiger partial charge in [0, 0.05) is 48.7 Å². The molecule has 262 valence electrons. The monoisotopic (exact) mass is 735 g/mol. The maximum absolute atomic E-state index is 6.64. The van der Waals surface area contributed by atoms with Crippen LogP contribution in [0.3, 0.4) is 0 Å². The average molecular weight is 736 g/mol. The van der Waals surface area contributed by atoms with Gasteiger partial charge in [0.25, 0.3) is 0 Å². The molecule has 0 fully saturated rings. The van der Waals surface area contributed by atoms with E-state index in [4.69, 9.17) is 29.3 Å². The summed E-state index contributed by atoms with van der Waals surface area (Å²) in [6.45, 7) is 0. The van der Waals surface area contributed by atoms with Gasteiger partial charge in [0.2, 0.25) is 0 Å². The van der Waals surface area contributed by atoms with Crippen LogP contribution < -0.4 is 0 Å². The summed E-state index contributed by atoms with van der Waals surface area (Å²) in [5, 5.41) is 2.98. The van der Waals surface area contributed by atoms with Crippen LogP contribution in [0.15, 0.2) is 180 Å². The Morgan fingerprint density at radius 2 is 0.839 bits per heavy atom. The second-order valence-corrected chi connectivity index (χ2v) is 14.7. The van der Waals surface area contributed by atoms with Crippen molar-refractivity contribution in [1.29, 1.82) is 0 Å². The van der Waals surface area contributed by atoms with E-state index in [0.29, 0.717) is 23.3 Å². The van der Waals surface area contributed by atoms with Crippen LogP contribution in [0, 0.1) is 0 Å². The number of thiophene rings is 1. The fourth-order valence-corrected chi connectivity index (χ4v) is 8.67. The SMILES string of the molecule is c1ccc(-c2ccc(-c3nc(-c4cccc5oc6cccc(-c7nc(-c8ccccc8)nc(-c8ccccc8)n7)c6c45)c4sc5ccccc5c4n3)cc2)cc1. The van der Waals surface area contributed by atoms with Crippen LogP contribution in [0.2, 0.25) is 0 Å². The van der Waals surface area contributed by atoms with Gasteiger partial charge in [-0.15, -0.1) is 11.3 Å². The Morgan fingerprint density at radius 3 is 1.50 bits per heavy atom. The van der Waals surface area contributed by atoms with Gasteiger partial charge in [-0.3, -0.25) is 0 Å². The van der Waals surface area contributed by atoms with Crippen molar-refractivity contribution in [3.63, 3.8) is 0 Å². The number of nitrogens with zero attached hydrogens (tertiary/aromatic N) is 5. The van der Waals surface area contributed by atoms with Crippen molar-refractivity contribution < 1.29 is 4.42 Å². The molecule has 0 aliphatic rings. The van der Waals surface area contributed by atoms with E-state index in [0.717, 1.165) is 81.3 Å². The number of hydrogen-bond donors (Lipinski definition) is 0. The van der Waals surface area contributed by atoms with Crippen LogP contribution in [-0.2, 0) is 0 Å². The highest BCUT2D eigenvalue weighted by Gasteiger charge is 2.23. The fourth-order valence-electron chi connectivity index (χ4n) is 7.52. The highest BCUT2D eigenvalue weighted by Crippen LogP contribution is 2.45. The zero-order valence-corrected chi connectivity index (χ0v) is 30.6. The third kappa shape index (κ3) is 5.44. The van der Waals surface area contributed by atoms with Crippen LogP contribution >= 0.6 is 11.3 Å². The first-order valence-electron chi connectivity index (χ1n) is 18.4. The van der Waals surface area contributed by atoms with E-state index in [2.05, 4.69) is 84.9 Å². The summed E-state index contributed by atoms with van der Waals surface area (Å²) < 4.78 is 8.82. The predicted octanol–water partition coefficient (Wildman–Crippen LogP) is 12.9. The van der Waals surface area contributed by atoms with Gasteiger partial charge in [-0.1, -0.05) is 158 Å². The van der Waals surface area contributed by atoms with Crippen LogP contribution in [0.4, 0.5) is 0 Å². The lowest BCUT2D eigenvalue weighted by molar-refractivity contribution is 0.669.